The SMILES string of the molecule is CCOC(=O)CC(c1ccc(Br)cn1)N(C)C. The van der Waals surface area contributed by atoms with Crippen LogP contribution in [-0.2, 0) is 9.53 Å². The molecule has 1 rings (SSSR count). The first kappa shape index (κ1) is 14.1. The summed E-state index contributed by atoms with van der Waals surface area (Å²) in [5.74, 6) is -0.198. The van der Waals surface area contributed by atoms with Crippen molar-refractivity contribution in [2.75, 3.05) is 20.7 Å². The molecule has 1 aromatic heterocycles. The van der Waals surface area contributed by atoms with E-state index in [1.165, 1.54) is 0 Å². The van der Waals surface area contributed by atoms with Crippen molar-refractivity contribution in [2.45, 2.75) is 19.4 Å². The number of carbonyl (C=O) groups excluding carboxylic acids is 1. The number of hydrogen-bond acceptors (Lipinski definition) is 4. The molecule has 0 fully saturated rings. The summed E-state index contributed by atoms with van der Waals surface area (Å²) in [7, 11) is 3.85. The van der Waals surface area contributed by atoms with Gasteiger partial charge in [-0.3, -0.25) is 9.78 Å². The predicted octanol–water partition coefficient (Wildman–Crippen LogP) is 2.40. The van der Waals surface area contributed by atoms with Crippen molar-refractivity contribution in [3.63, 3.8) is 0 Å². The van der Waals surface area contributed by atoms with Gasteiger partial charge in [0.1, 0.15) is 0 Å². The molecule has 94 valence electrons. The van der Waals surface area contributed by atoms with Crippen LogP contribution in [-0.4, -0.2) is 36.6 Å². The summed E-state index contributed by atoms with van der Waals surface area (Å²) in [4.78, 5) is 17.8. The Hall–Kier alpha value is -0.940. The molecule has 0 bridgehead atoms. The molecule has 5 heteroatoms. The molecular formula is C12H17BrN2O2. The molecule has 0 N–H and O–H groups in total. The molecule has 0 amide bonds. The Labute approximate surface area is 110 Å². The van der Waals surface area contributed by atoms with Crippen LogP contribution in [0.3, 0.4) is 0 Å². The van der Waals surface area contributed by atoms with Crippen LogP contribution in [0.15, 0.2) is 22.8 Å². The number of esters is 1. The summed E-state index contributed by atoms with van der Waals surface area (Å²) in [6.07, 6.45) is 2.05. The Morgan fingerprint density at radius 1 is 1.53 bits per heavy atom. The molecule has 1 atom stereocenters. The average molecular weight is 301 g/mol. The Balaban J connectivity index is 2.79. The van der Waals surface area contributed by atoms with Gasteiger partial charge in [0, 0.05) is 10.7 Å². The van der Waals surface area contributed by atoms with Gasteiger partial charge in [-0.1, -0.05) is 0 Å². The first-order valence-electron chi connectivity index (χ1n) is 5.48. The highest BCUT2D eigenvalue weighted by Gasteiger charge is 2.20. The van der Waals surface area contributed by atoms with Crippen molar-refractivity contribution in [1.82, 2.24) is 9.88 Å². The molecule has 0 aliphatic rings. The van der Waals surface area contributed by atoms with Gasteiger partial charge in [0.25, 0.3) is 0 Å². The van der Waals surface area contributed by atoms with E-state index in [1.54, 1.807) is 13.1 Å². The fourth-order valence-corrected chi connectivity index (χ4v) is 1.75. The van der Waals surface area contributed by atoms with E-state index in [0.29, 0.717) is 13.0 Å². The molecule has 0 radical (unpaired) electrons. The Bertz CT molecular complexity index is 365. The molecule has 0 saturated heterocycles. The third kappa shape index (κ3) is 4.44. The molecule has 0 saturated carbocycles. The van der Waals surface area contributed by atoms with Crippen LogP contribution < -0.4 is 0 Å². The van der Waals surface area contributed by atoms with Crippen LogP contribution in [0.1, 0.15) is 25.1 Å². The Morgan fingerprint density at radius 2 is 2.24 bits per heavy atom. The van der Waals surface area contributed by atoms with Crippen LogP contribution in [0.5, 0.6) is 0 Å². The summed E-state index contributed by atoms with van der Waals surface area (Å²) in [5.41, 5.74) is 0.867. The van der Waals surface area contributed by atoms with Gasteiger partial charge in [-0.15, -0.1) is 0 Å². The van der Waals surface area contributed by atoms with Gasteiger partial charge in [0.2, 0.25) is 0 Å². The molecule has 0 aromatic carbocycles. The first-order chi connectivity index (χ1) is 8.04. The van der Waals surface area contributed by atoms with Crippen LogP contribution in [0, 0.1) is 0 Å². The van der Waals surface area contributed by atoms with E-state index in [4.69, 9.17) is 4.74 Å². The minimum Gasteiger partial charge on any atom is -0.466 e. The predicted molar refractivity (Wildman–Crippen MR) is 69.6 cm³/mol. The molecule has 1 unspecified atom stereocenters. The van der Waals surface area contributed by atoms with Crippen LogP contribution >= 0.6 is 15.9 Å². The van der Waals surface area contributed by atoms with Gasteiger partial charge >= 0.3 is 5.97 Å². The Kier molecular flexibility index (Phi) is 5.58. The minimum absolute atomic E-state index is 0.0536. The van der Waals surface area contributed by atoms with Crippen LogP contribution in [0.4, 0.5) is 0 Å². The quantitative estimate of drug-likeness (QED) is 0.783. The number of hydrogen-bond donors (Lipinski definition) is 0. The smallest absolute Gasteiger partial charge is 0.307 e. The van der Waals surface area contributed by atoms with E-state index in [2.05, 4.69) is 20.9 Å². The highest BCUT2D eigenvalue weighted by atomic mass is 79.9. The molecule has 1 aromatic rings. The van der Waals surface area contributed by atoms with Crippen molar-refractivity contribution in [2.24, 2.45) is 0 Å². The lowest BCUT2D eigenvalue weighted by atomic mass is 10.1. The van der Waals surface area contributed by atoms with Gasteiger partial charge < -0.3 is 9.64 Å². The monoisotopic (exact) mass is 300 g/mol. The summed E-state index contributed by atoms with van der Waals surface area (Å²) in [6.45, 7) is 2.22. The topological polar surface area (TPSA) is 42.4 Å². The maximum absolute atomic E-state index is 11.5. The molecule has 17 heavy (non-hydrogen) atoms. The molecule has 0 aliphatic heterocycles. The van der Waals surface area contributed by atoms with E-state index in [0.717, 1.165) is 10.2 Å². The molecule has 4 nitrogen and oxygen atoms in total. The summed E-state index contributed by atoms with van der Waals surface area (Å²) < 4.78 is 5.89. The lowest BCUT2D eigenvalue weighted by molar-refractivity contribution is -0.144. The average Bonchev–Trinajstić information content (AvgIpc) is 2.27. The van der Waals surface area contributed by atoms with Gasteiger partial charge in [0.05, 0.1) is 24.8 Å². The normalized spacial score (nSPS) is 12.5. The molecule has 0 spiro atoms. The third-order valence-corrected chi connectivity index (χ3v) is 2.85. The van der Waals surface area contributed by atoms with Gasteiger partial charge in [-0.25, -0.2) is 0 Å². The molecule has 1 heterocycles. The van der Waals surface area contributed by atoms with Gasteiger partial charge in [0.15, 0.2) is 0 Å². The summed E-state index contributed by atoms with van der Waals surface area (Å²) >= 11 is 3.34. The number of aromatic nitrogens is 1. The van der Waals surface area contributed by atoms with Gasteiger partial charge in [-0.2, -0.15) is 0 Å². The van der Waals surface area contributed by atoms with E-state index < -0.39 is 0 Å². The fraction of sp³-hybridized carbons (Fsp3) is 0.500. The first-order valence-corrected chi connectivity index (χ1v) is 6.27. The maximum Gasteiger partial charge on any atom is 0.307 e. The van der Waals surface area contributed by atoms with Crippen molar-refractivity contribution in [1.29, 1.82) is 0 Å². The minimum atomic E-state index is -0.198. The van der Waals surface area contributed by atoms with Crippen molar-refractivity contribution >= 4 is 21.9 Å². The zero-order chi connectivity index (χ0) is 12.8. The second-order valence-corrected chi connectivity index (χ2v) is 4.81. The molecule has 0 aliphatic carbocycles. The Morgan fingerprint density at radius 3 is 2.71 bits per heavy atom. The number of halogens is 1. The van der Waals surface area contributed by atoms with E-state index >= 15 is 0 Å². The number of carbonyl (C=O) groups is 1. The second kappa shape index (κ2) is 6.71. The number of pyridine rings is 1. The maximum atomic E-state index is 11.5. The lowest BCUT2D eigenvalue weighted by Gasteiger charge is -2.22. The summed E-state index contributed by atoms with van der Waals surface area (Å²) in [6, 6.07) is 3.78. The fourth-order valence-electron chi connectivity index (χ4n) is 1.51. The highest BCUT2D eigenvalue weighted by Crippen LogP contribution is 2.21. The second-order valence-electron chi connectivity index (χ2n) is 3.89. The zero-order valence-electron chi connectivity index (χ0n) is 10.3. The van der Waals surface area contributed by atoms with Gasteiger partial charge in [-0.05, 0) is 49.1 Å². The number of nitrogens with zero attached hydrogens (tertiary/aromatic N) is 2. The molecular weight excluding hydrogens is 284 g/mol. The summed E-state index contributed by atoms with van der Waals surface area (Å²) in [5, 5.41) is 0. The van der Waals surface area contributed by atoms with E-state index in [1.807, 2.05) is 31.1 Å². The lowest BCUT2D eigenvalue weighted by Crippen LogP contribution is -2.24. The van der Waals surface area contributed by atoms with E-state index in [9.17, 15) is 4.79 Å². The van der Waals surface area contributed by atoms with Crippen LogP contribution in [0.25, 0.3) is 0 Å². The van der Waals surface area contributed by atoms with E-state index in [-0.39, 0.29) is 12.0 Å². The van der Waals surface area contributed by atoms with Crippen molar-refractivity contribution < 1.29 is 9.53 Å². The van der Waals surface area contributed by atoms with Crippen molar-refractivity contribution in [3.05, 3.63) is 28.5 Å². The highest BCUT2D eigenvalue weighted by molar-refractivity contribution is 9.10. The standard InChI is InChI=1S/C12H17BrN2O2/c1-4-17-12(16)7-11(15(2)3)10-6-5-9(13)8-14-10/h5-6,8,11H,4,7H2,1-3H3. The zero-order valence-corrected chi connectivity index (χ0v) is 11.9. The largest absolute Gasteiger partial charge is 0.466 e. The number of rotatable bonds is 5. The third-order valence-electron chi connectivity index (χ3n) is 2.38. The number of ether oxygens (including phenoxy) is 1. The van der Waals surface area contributed by atoms with Crippen LogP contribution in [0.2, 0.25) is 0 Å². The van der Waals surface area contributed by atoms with Crippen molar-refractivity contribution in [3.8, 4) is 0 Å².